The highest BCUT2D eigenvalue weighted by Crippen LogP contribution is 2.26. The molecule has 0 saturated carbocycles. The van der Waals surface area contributed by atoms with Gasteiger partial charge < -0.3 is 10.8 Å². The van der Waals surface area contributed by atoms with E-state index in [1.165, 1.54) is 6.07 Å². The smallest absolute Gasteiger partial charge is 0.277 e. The summed E-state index contributed by atoms with van der Waals surface area (Å²) in [5.74, 6) is -0.662. The predicted molar refractivity (Wildman–Crippen MR) is 63.6 cm³/mol. The number of halogens is 2. The third-order valence-corrected chi connectivity index (χ3v) is 2.26. The van der Waals surface area contributed by atoms with E-state index in [0.717, 1.165) is 12.1 Å². The zero-order valence-corrected chi connectivity index (χ0v) is 9.82. The minimum Gasteiger partial charge on any atom is -0.396 e. The molecule has 0 aromatic heterocycles. The molecule has 0 saturated heterocycles. The standard InChI is InChI=1S/C10H13FN2O3.ClH/c11-7-3-4-8(9(12)2-1-5-14)10(6-7)13(15)16;/h3-4,6,9,14H,1-2,5,12H2;1H/t9-;/m1./s1. The average molecular weight is 265 g/mol. The molecule has 0 bridgehead atoms. The number of rotatable bonds is 5. The van der Waals surface area contributed by atoms with Gasteiger partial charge in [0.15, 0.2) is 0 Å². The molecule has 0 radical (unpaired) electrons. The van der Waals surface area contributed by atoms with Crippen molar-refractivity contribution in [1.82, 2.24) is 0 Å². The fourth-order valence-electron chi connectivity index (χ4n) is 1.46. The monoisotopic (exact) mass is 264 g/mol. The van der Waals surface area contributed by atoms with Crippen molar-refractivity contribution in [3.63, 3.8) is 0 Å². The first-order chi connectivity index (χ1) is 7.56. The summed E-state index contributed by atoms with van der Waals surface area (Å²) in [6.07, 6.45) is 0.874. The molecule has 0 spiro atoms. The zero-order valence-electron chi connectivity index (χ0n) is 9.01. The molecule has 0 fully saturated rings. The SMILES string of the molecule is Cl.N[C@H](CCCO)c1ccc(F)cc1[N+](=O)[O-]. The van der Waals surface area contributed by atoms with Gasteiger partial charge in [0.25, 0.3) is 5.69 Å². The van der Waals surface area contributed by atoms with Crippen LogP contribution in [0.4, 0.5) is 10.1 Å². The van der Waals surface area contributed by atoms with E-state index >= 15 is 0 Å². The number of nitro benzene ring substituents is 1. The number of nitro groups is 1. The molecule has 3 N–H and O–H groups in total. The van der Waals surface area contributed by atoms with Crippen LogP contribution in [-0.4, -0.2) is 16.6 Å². The maximum absolute atomic E-state index is 12.8. The summed E-state index contributed by atoms with van der Waals surface area (Å²) in [4.78, 5) is 10.0. The van der Waals surface area contributed by atoms with Gasteiger partial charge in [0.2, 0.25) is 0 Å². The van der Waals surface area contributed by atoms with Crippen molar-refractivity contribution in [2.24, 2.45) is 5.73 Å². The Morgan fingerprint density at radius 3 is 2.71 bits per heavy atom. The first-order valence-electron chi connectivity index (χ1n) is 4.86. The Morgan fingerprint density at radius 2 is 2.18 bits per heavy atom. The van der Waals surface area contributed by atoms with Crippen molar-refractivity contribution in [2.75, 3.05) is 6.61 Å². The fourth-order valence-corrected chi connectivity index (χ4v) is 1.46. The maximum Gasteiger partial charge on any atom is 0.277 e. The Balaban J connectivity index is 0.00000256. The van der Waals surface area contributed by atoms with Gasteiger partial charge in [0, 0.05) is 18.2 Å². The summed E-state index contributed by atoms with van der Waals surface area (Å²) in [6, 6.07) is 2.75. The van der Waals surface area contributed by atoms with Crippen molar-refractivity contribution in [3.8, 4) is 0 Å². The Labute approximate surface area is 104 Å². The average Bonchev–Trinajstić information content (AvgIpc) is 2.25. The molecule has 0 aliphatic rings. The van der Waals surface area contributed by atoms with Gasteiger partial charge in [0.05, 0.1) is 11.0 Å². The van der Waals surface area contributed by atoms with Crippen LogP contribution in [-0.2, 0) is 0 Å². The molecule has 0 heterocycles. The summed E-state index contributed by atoms with van der Waals surface area (Å²) in [7, 11) is 0. The van der Waals surface area contributed by atoms with Gasteiger partial charge in [-0.15, -0.1) is 12.4 Å². The van der Waals surface area contributed by atoms with Gasteiger partial charge in [-0.25, -0.2) is 4.39 Å². The highest BCUT2D eigenvalue weighted by molar-refractivity contribution is 5.85. The molecule has 7 heteroatoms. The summed E-state index contributed by atoms with van der Waals surface area (Å²) < 4.78 is 12.8. The molecule has 0 aliphatic heterocycles. The van der Waals surface area contributed by atoms with Gasteiger partial charge in [-0.3, -0.25) is 10.1 Å². The highest BCUT2D eigenvalue weighted by atomic mass is 35.5. The third kappa shape index (κ3) is 4.26. The zero-order chi connectivity index (χ0) is 12.1. The number of hydrogen-bond acceptors (Lipinski definition) is 4. The molecule has 0 aliphatic carbocycles. The van der Waals surface area contributed by atoms with Gasteiger partial charge in [0.1, 0.15) is 5.82 Å². The van der Waals surface area contributed by atoms with E-state index in [1.807, 2.05) is 0 Å². The van der Waals surface area contributed by atoms with Crippen molar-refractivity contribution < 1.29 is 14.4 Å². The third-order valence-electron chi connectivity index (χ3n) is 2.26. The molecule has 17 heavy (non-hydrogen) atoms. The van der Waals surface area contributed by atoms with E-state index in [2.05, 4.69) is 0 Å². The van der Waals surface area contributed by atoms with Crippen LogP contribution in [0, 0.1) is 15.9 Å². The number of aliphatic hydroxyl groups is 1. The Kier molecular flexibility index (Phi) is 6.64. The highest BCUT2D eigenvalue weighted by Gasteiger charge is 2.19. The fraction of sp³-hybridized carbons (Fsp3) is 0.400. The second-order valence-electron chi connectivity index (χ2n) is 3.43. The lowest BCUT2D eigenvalue weighted by Gasteiger charge is -2.11. The molecule has 1 rings (SSSR count). The van der Waals surface area contributed by atoms with Gasteiger partial charge in [-0.05, 0) is 25.0 Å². The molecule has 96 valence electrons. The summed E-state index contributed by atoms with van der Waals surface area (Å²) >= 11 is 0. The molecule has 5 nitrogen and oxygen atoms in total. The predicted octanol–water partition coefficient (Wildman–Crippen LogP) is 1.93. The van der Waals surface area contributed by atoms with Crippen LogP contribution < -0.4 is 5.73 Å². The van der Waals surface area contributed by atoms with Crippen LogP contribution in [0.2, 0.25) is 0 Å². The van der Waals surface area contributed by atoms with E-state index in [-0.39, 0.29) is 24.7 Å². The van der Waals surface area contributed by atoms with E-state index in [1.54, 1.807) is 0 Å². The molecular formula is C10H14ClFN2O3. The number of nitrogens with two attached hydrogens (primary N) is 1. The first kappa shape index (κ1) is 15.8. The van der Waals surface area contributed by atoms with E-state index in [9.17, 15) is 14.5 Å². The Morgan fingerprint density at radius 1 is 1.53 bits per heavy atom. The number of benzene rings is 1. The molecule has 0 unspecified atom stereocenters. The molecule has 1 atom stereocenters. The van der Waals surface area contributed by atoms with Gasteiger partial charge >= 0.3 is 0 Å². The summed E-state index contributed by atoms with van der Waals surface area (Å²) in [5.41, 5.74) is 5.71. The van der Waals surface area contributed by atoms with E-state index < -0.39 is 16.8 Å². The largest absolute Gasteiger partial charge is 0.396 e. The summed E-state index contributed by atoms with van der Waals surface area (Å²) in [5, 5.41) is 19.3. The van der Waals surface area contributed by atoms with Crippen molar-refractivity contribution in [1.29, 1.82) is 0 Å². The van der Waals surface area contributed by atoms with E-state index in [0.29, 0.717) is 18.4 Å². The number of nitrogens with zero attached hydrogens (tertiary/aromatic N) is 1. The van der Waals surface area contributed by atoms with Crippen molar-refractivity contribution in [3.05, 3.63) is 39.7 Å². The van der Waals surface area contributed by atoms with Crippen LogP contribution in [0.25, 0.3) is 0 Å². The molecule has 1 aromatic rings. The minimum atomic E-state index is -0.662. The van der Waals surface area contributed by atoms with Crippen LogP contribution >= 0.6 is 12.4 Å². The minimum absolute atomic E-state index is 0. The lowest BCUT2D eigenvalue weighted by atomic mass is 10.0. The normalized spacial score (nSPS) is 11.7. The quantitative estimate of drug-likeness (QED) is 0.628. The van der Waals surface area contributed by atoms with Crippen LogP contribution in [0.5, 0.6) is 0 Å². The van der Waals surface area contributed by atoms with Crippen LogP contribution in [0.15, 0.2) is 18.2 Å². The van der Waals surface area contributed by atoms with E-state index in [4.69, 9.17) is 10.8 Å². The number of hydrogen-bond donors (Lipinski definition) is 2. The Hall–Kier alpha value is -1.24. The summed E-state index contributed by atoms with van der Waals surface area (Å²) in [6.45, 7) is -0.0251. The molecular weight excluding hydrogens is 251 g/mol. The lowest BCUT2D eigenvalue weighted by Crippen LogP contribution is -2.13. The second kappa shape index (κ2) is 7.16. The Bertz CT molecular complexity index is 390. The van der Waals surface area contributed by atoms with Gasteiger partial charge in [-0.2, -0.15) is 0 Å². The topological polar surface area (TPSA) is 89.4 Å². The van der Waals surface area contributed by atoms with Crippen LogP contribution in [0.1, 0.15) is 24.4 Å². The van der Waals surface area contributed by atoms with Crippen molar-refractivity contribution in [2.45, 2.75) is 18.9 Å². The van der Waals surface area contributed by atoms with Gasteiger partial charge in [-0.1, -0.05) is 0 Å². The van der Waals surface area contributed by atoms with Crippen molar-refractivity contribution >= 4 is 18.1 Å². The second-order valence-corrected chi connectivity index (χ2v) is 3.43. The lowest BCUT2D eigenvalue weighted by molar-refractivity contribution is -0.385. The molecule has 0 amide bonds. The maximum atomic E-state index is 12.8. The molecule has 1 aromatic carbocycles. The van der Waals surface area contributed by atoms with Crippen LogP contribution in [0.3, 0.4) is 0 Å². The number of aliphatic hydroxyl groups excluding tert-OH is 1. The first-order valence-corrected chi connectivity index (χ1v) is 4.86.